The molecule has 1 aliphatic heterocycles. The normalized spacial score (nSPS) is 13.7. The van der Waals surface area contributed by atoms with Gasteiger partial charge in [-0.25, -0.2) is 0 Å². The Morgan fingerprint density at radius 2 is 1.77 bits per heavy atom. The van der Waals surface area contributed by atoms with Crippen molar-refractivity contribution in [2.24, 2.45) is 0 Å². The van der Waals surface area contributed by atoms with E-state index in [4.69, 9.17) is 18.9 Å². The van der Waals surface area contributed by atoms with Crippen molar-refractivity contribution in [2.45, 2.75) is 6.42 Å². The van der Waals surface area contributed by atoms with E-state index in [-0.39, 0.29) is 6.79 Å². The van der Waals surface area contributed by atoms with Gasteiger partial charge >= 0.3 is 0 Å². The van der Waals surface area contributed by atoms with Crippen molar-refractivity contribution in [1.29, 1.82) is 5.26 Å². The lowest BCUT2D eigenvalue weighted by molar-refractivity contribution is 0.0837. The van der Waals surface area contributed by atoms with E-state index in [1.54, 1.807) is 20.3 Å². The Labute approximate surface area is 152 Å². The van der Waals surface area contributed by atoms with E-state index < -0.39 is 0 Å². The molecule has 26 heavy (non-hydrogen) atoms. The van der Waals surface area contributed by atoms with Gasteiger partial charge in [0, 0.05) is 6.07 Å². The fourth-order valence-corrected chi connectivity index (χ4v) is 2.76. The maximum absolute atomic E-state index is 9.80. The minimum absolute atomic E-state index is 0.112. The molecular weight excluding hydrogens is 330 g/mol. The highest BCUT2D eigenvalue weighted by molar-refractivity contribution is 5.78. The molecular formula is C21H19NO4. The first-order valence-corrected chi connectivity index (χ1v) is 8.10. The van der Waals surface area contributed by atoms with E-state index >= 15 is 0 Å². The SMILES string of the molecule is COc1cc(OC)cc(C(Cc2ccccc2)=C(C#N)C2=COCO2)c1. The van der Waals surface area contributed by atoms with Crippen LogP contribution in [0.25, 0.3) is 5.57 Å². The van der Waals surface area contributed by atoms with Gasteiger partial charge in [0.05, 0.1) is 14.2 Å². The van der Waals surface area contributed by atoms with Crippen LogP contribution in [0.3, 0.4) is 0 Å². The second kappa shape index (κ2) is 8.13. The number of rotatable bonds is 6. The monoisotopic (exact) mass is 349 g/mol. The molecule has 0 N–H and O–H groups in total. The lowest BCUT2D eigenvalue weighted by Crippen LogP contribution is -2.00. The molecule has 0 spiro atoms. The molecule has 5 nitrogen and oxygen atoms in total. The summed E-state index contributed by atoms with van der Waals surface area (Å²) in [7, 11) is 3.20. The third-order valence-electron chi connectivity index (χ3n) is 4.06. The second-order valence-corrected chi connectivity index (χ2v) is 5.64. The number of hydrogen-bond acceptors (Lipinski definition) is 5. The molecule has 0 radical (unpaired) electrons. The standard InChI is InChI=1S/C21H19NO4/c1-23-17-9-16(10-18(11-17)24-2)19(8-15-6-4-3-5-7-15)20(12-22)21-13-25-14-26-21/h3-7,9-11,13H,8,14H2,1-2H3. The quantitative estimate of drug-likeness (QED) is 0.736. The van der Waals surface area contributed by atoms with Crippen molar-refractivity contribution in [3.05, 3.63) is 77.3 Å². The summed E-state index contributed by atoms with van der Waals surface area (Å²) in [5, 5.41) is 9.80. The maximum atomic E-state index is 9.80. The molecule has 0 saturated heterocycles. The predicted molar refractivity (Wildman–Crippen MR) is 97.3 cm³/mol. The first-order valence-electron chi connectivity index (χ1n) is 8.10. The first kappa shape index (κ1) is 17.4. The molecule has 0 amide bonds. The number of methoxy groups -OCH3 is 2. The average molecular weight is 349 g/mol. The molecule has 2 aromatic rings. The predicted octanol–water partition coefficient (Wildman–Crippen LogP) is 4.07. The highest BCUT2D eigenvalue weighted by atomic mass is 16.7. The van der Waals surface area contributed by atoms with Crippen molar-refractivity contribution >= 4 is 5.57 Å². The molecule has 0 bridgehead atoms. The van der Waals surface area contributed by atoms with Crippen molar-refractivity contribution in [1.82, 2.24) is 0 Å². The number of benzene rings is 2. The summed E-state index contributed by atoms with van der Waals surface area (Å²) in [5.41, 5.74) is 3.16. The minimum Gasteiger partial charge on any atom is -0.497 e. The molecule has 2 aromatic carbocycles. The van der Waals surface area contributed by atoms with Crippen LogP contribution in [0.15, 0.2) is 66.1 Å². The van der Waals surface area contributed by atoms with Crippen LogP contribution in [0.4, 0.5) is 0 Å². The lowest BCUT2D eigenvalue weighted by Gasteiger charge is -2.14. The molecule has 5 heteroatoms. The van der Waals surface area contributed by atoms with Crippen LogP contribution >= 0.6 is 0 Å². The molecule has 132 valence electrons. The first-order chi connectivity index (χ1) is 12.7. The summed E-state index contributed by atoms with van der Waals surface area (Å²) in [6, 6.07) is 17.8. The van der Waals surface area contributed by atoms with E-state index in [2.05, 4.69) is 6.07 Å². The third kappa shape index (κ3) is 3.81. The number of ether oxygens (including phenoxy) is 4. The van der Waals surface area contributed by atoms with Gasteiger partial charge in [-0.15, -0.1) is 0 Å². The zero-order valence-corrected chi connectivity index (χ0v) is 14.7. The third-order valence-corrected chi connectivity index (χ3v) is 4.06. The van der Waals surface area contributed by atoms with E-state index in [0.717, 1.165) is 16.7 Å². The average Bonchev–Trinajstić information content (AvgIpc) is 3.22. The van der Waals surface area contributed by atoms with Crippen molar-refractivity contribution < 1.29 is 18.9 Å². The van der Waals surface area contributed by atoms with E-state index in [0.29, 0.717) is 29.3 Å². The molecule has 0 atom stereocenters. The smallest absolute Gasteiger partial charge is 0.230 e. The number of allylic oxidation sites excluding steroid dienone is 2. The van der Waals surface area contributed by atoms with Gasteiger partial charge in [0.25, 0.3) is 0 Å². The van der Waals surface area contributed by atoms with Gasteiger partial charge in [0.15, 0.2) is 5.76 Å². The number of nitriles is 1. The Morgan fingerprint density at radius 3 is 2.31 bits per heavy atom. The summed E-state index contributed by atoms with van der Waals surface area (Å²) >= 11 is 0. The molecule has 1 aliphatic rings. The fraction of sp³-hybridized carbons (Fsp3) is 0.190. The molecule has 0 saturated carbocycles. The Hall–Kier alpha value is -3.39. The highest BCUT2D eigenvalue weighted by Gasteiger charge is 2.20. The molecule has 0 aliphatic carbocycles. The van der Waals surface area contributed by atoms with Gasteiger partial charge in [-0.2, -0.15) is 5.26 Å². The Kier molecular flexibility index (Phi) is 5.45. The van der Waals surface area contributed by atoms with Crippen LogP contribution in [0.5, 0.6) is 11.5 Å². The summed E-state index contributed by atoms with van der Waals surface area (Å²) < 4.78 is 21.4. The molecule has 0 unspecified atom stereocenters. The molecule has 0 fully saturated rings. The lowest BCUT2D eigenvalue weighted by atomic mass is 9.92. The van der Waals surface area contributed by atoms with Crippen LogP contribution < -0.4 is 9.47 Å². The number of nitrogens with zero attached hydrogens (tertiary/aromatic N) is 1. The van der Waals surface area contributed by atoms with E-state index in [1.807, 2.05) is 42.5 Å². The van der Waals surface area contributed by atoms with Gasteiger partial charge in [-0.3, -0.25) is 0 Å². The highest BCUT2D eigenvalue weighted by Crippen LogP contribution is 2.33. The topological polar surface area (TPSA) is 60.7 Å². The van der Waals surface area contributed by atoms with Crippen LogP contribution in [-0.2, 0) is 15.9 Å². The molecule has 1 heterocycles. The van der Waals surface area contributed by atoms with Crippen molar-refractivity contribution in [3.8, 4) is 17.6 Å². The Morgan fingerprint density at radius 1 is 1.08 bits per heavy atom. The second-order valence-electron chi connectivity index (χ2n) is 5.64. The number of hydrogen-bond donors (Lipinski definition) is 0. The maximum Gasteiger partial charge on any atom is 0.230 e. The fourth-order valence-electron chi connectivity index (χ4n) is 2.76. The van der Waals surface area contributed by atoms with E-state index in [1.165, 1.54) is 6.26 Å². The molecule has 3 rings (SSSR count). The Balaban J connectivity index is 2.16. The van der Waals surface area contributed by atoms with Gasteiger partial charge < -0.3 is 18.9 Å². The summed E-state index contributed by atoms with van der Waals surface area (Å²) in [4.78, 5) is 0. The van der Waals surface area contributed by atoms with Crippen molar-refractivity contribution in [2.75, 3.05) is 21.0 Å². The summed E-state index contributed by atoms with van der Waals surface area (Å²) in [6.45, 7) is 0.112. The van der Waals surface area contributed by atoms with Crippen LogP contribution in [-0.4, -0.2) is 21.0 Å². The summed E-state index contributed by atoms with van der Waals surface area (Å²) in [5.74, 6) is 1.74. The van der Waals surface area contributed by atoms with Gasteiger partial charge in [0.2, 0.25) is 6.79 Å². The van der Waals surface area contributed by atoms with Gasteiger partial charge in [-0.1, -0.05) is 30.3 Å². The molecule has 0 aromatic heterocycles. The largest absolute Gasteiger partial charge is 0.497 e. The zero-order valence-electron chi connectivity index (χ0n) is 14.7. The van der Waals surface area contributed by atoms with Crippen LogP contribution in [0, 0.1) is 11.3 Å². The van der Waals surface area contributed by atoms with Gasteiger partial charge in [-0.05, 0) is 35.3 Å². The van der Waals surface area contributed by atoms with Gasteiger partial charge in [0.1, 0.15) is 29.4 Å². The summed E-state index contributed by atoms with van der Waals surface area (Å²) in [6.07, 6.45) is 2.03. The zero-order chi connectivity index (χ0) is 18.4. The van der Waals surface area contributed by atoms with Crippen molar-refractivity contribution in [3.63, 3.8) is 0 Å². The Bertz CT molecular complexity index is 856. The van der Waals surface area contributed by atoms with E-state index in [9.17, 15) is 5.26 Å². The van der Waals surface area contributed by atoms with Crippen LogP contribution in [0.1, 0.15) is 11.1 Å². The van der Waals surface area contributed by atoms with Crippen LogP contribution in [0.2, 0.25) is 0 Å². The minimum atomic E-state index is 0.112.